The van der Waals surface area contributed by atoms with Gasteiger partial charge in [0.2, 0.25) is 0 Å². The summed E-state index contributed by atoms with van der Waals surface area (Å²) in [5, 5.41) is 6.24. The van der Waals surface area contributed by atoms with Gasteiger partial charge in [0.1, 0.15) is 0 Å². The average molecular weight is 487 g/mol. The van der Waals surface area contributed by atoms with Crippen LogP contribution in [0.4, 0.5) is 0 Å². The first-order valence-electron chi connectivity index (χ1n) is 11.5. The van der Waals surface area contributed by atoms with Crippen LogP contribution >= 0.6 is 22.7 Å². The molecule has 0 amide bonds. The van der Waals surface area contributed by atoms with Gasteiger partial charge < -0.3 is 4.74 Å². The summed E-state index contributed by atoms with van der Waals surface area (Å²) in [5.41, 5.74) is 9.35. The molecule has 0 radical (unpaired) electrons. The monoisotopic (exact) mass is 486 g/mol. The van der Waals surface area contributed by atoms with Crippen molar-refractivity contribution in [3.8, 4) is 54.6 Å². The Bertz CT molecular complexity index is 1410. The fourth-order valence-electron chi connectivity index (χ4n) is 4.33. The highest BCUT2D eigenvalue weighted by Crippen LogP contribution is 2.51. The van der Waals surface area contributed by atoms with Crippen molar-refractivity contribution in [3.63, 3.8) is 0 Å². The summed E-state index contributed by atoms with van der Waals surface area (Å²) in [6.07, 6.45) is 0. The molecule has 0 aliphatic heterocycles. The van der Waals surface area contributed by atoms with Gasteiger partial charge in [-0.05, 0) is 22.3 Å². The molecule has 3 heteroatoms. The van der Waals surface area contributed by atoms with E-state index in [4.69, 9.17) is 4.74 Å². The molecule has 0 saturated carbocycles. The third-order valence-electron chi connectivity index (χ3n) is 5.99. The van der Waals surface area contributed by atoms with Crippen LogP contribution in [0.5, 0.6) is 10.1 Å². The molecule has 168 valence electrons. The molecule has 6 rings (SSSR count). The zero-order valence-corrected chi connectivity index (χ0v) is 20.6. The Morgan fingerprint density at radius 3 is 1.03 bits per heavy atom. The molecule has 2 heterocycles. The summed E-state index contributed by atoms with van der Waals surface area (Å²) >= 11 is 3.31. The van der Waals surface area contributed by atoms with Crippen molar-refractivity contribution < 1.29 is 4.74 Å². The van der Waals surface area contributed by atoms with Crippen molar-refractivity contribution in [3.05, 3.63) is 132 Å². The molecule has 0 bridgehead atoms. The van der Waals surface area contributed by atoms with E-state index in [-0.39, 0.29) is 0 Å². The van der Waals surface area contributed by atoms with Crippen molar-refractivity contribution in [2.45, 2.75) is 0 Å². The number of rotatable bonds is 6. The highest BCUT2D eigenvalue weighted by atomic mass is 32.1. The van der Waals surface area contributed by atoms with Gasteiger partial charge >= 0.3 is 0 Å². The molecule has 0 aliphatic carbocycles. The summed E-state index contributed by atoms with van der Waals surface area (Å²) in [6, 6.07) is 42.1. The van der Waals surface area contributed by atoms with E-state index in [1.165, 1.54) is 22.3 Å². The molecule has 35 heavy (non-hydrogen) atoms. The Morgan fingerprint density at radius 1 is 0.371 bits per heavy atom. The van der Waals surface area contributed by atoms with Crippen LogP contribution in [0.15, 0.2) is 132 Å². The minimum Gasteiger partial charge on any atom is -0.435 e. The first-order valence-corrected chi connectivity index (χ1v) is 13.3. The average Bonchev–Trinajstić information content (AvgIpc) is 3.55. The van der Waals surface area contributed by atoms with Crippen LogP contribution in [0, 0.1) is 0 Å². The first-order chi connectivity index (χ1) is 17.4. The summed E-state index contributed by atoms with van der Waals surface area (Å²) in [4.78, 5) is 0. The Hall–Kier alpha value is -3.92. The lowest BCUT2D eigenvalue weighted by atomic mass is 9.98. The van der Waals surface area contributed by atoms with Crippen LogP contribution in [0.25, 0.3) is 44.5 Å². The van der Waals surface area contributed by atoms with Gasteiger partial charge in [-0.2, -0.15) is 0 Å². The van der Waals surface area contributed by atoms with Crippen LogP contribution < -0.4 is 4.74 Å². The van der Waals surface area contributed by atoms with Crippen LogP contribution in [-0.2, 0) is 0 Å². The summed E-state index contributed by atoms with van der Waals surface area (Å²) in [5.74, 6) is 0. The molecule has 0 atom stereocenters. The number of hydrogen-bond donors (Lipinski definition) is 0. The smallest absolute Gasteiger partial charge is 0.190 e. The highest BCUT2D eigenvalue weighted by molar-refractivity contribution is 7.14. The minimum absolute atomic E-state index is 0.911. The second-order valence-electron chi connectivity index (χ2n) is 8.19. The number of thiophene rings is 2. The third kappa shape index (κ3) is 4.32. The standard InChI is InChI=1S/C32H22OS2/c1-5-13-23(14-6-1)27-21-34-31(29(27)25-17-9-3-10-18-25)33-32-30(26-19-11-4-12-20-26)28(22-35-32)24-15-7-2-8-16-24/h1-22H. The molecular formula is C32H22OS2. The maximum Gasteiger partial charge on any atom is 0.190 e. The minimum atomic E-state index is 0.911. The van der Waals surface area contributed by atoms with Gasteiger partial charge in [0.05, 0.1) is 0 Å². The van der Waals surface area contributed by atoms with E-state index in [0.29, 0.717) is 0 Å². The van der Waals surface area contributed by atoms with Crippen LogP contribution in [0.1, 0.15) is 0 Å². The molecule has 6 aromatic rings. The Labute approximate surface area is 213 Å². The van der Waals surface area contributed by atoms with Crippen molar-refractivity contribution in [1.82, 2.24) is 0 Å². The molecule has 0 N–H and O–H groups in total. The first kappa shape index (κ1) is 21.6. The molecule has 2 aromatic heterocycles. The van der Waals surface area contributed by atoms with Gasteiger partial charge in [0.15, 0.2) is 10.1 Å². The molecular weight excluding hydrogens is 464 g/mol. The van der Waals surface area contributed by atoms with Crippen molar-refractivity contribution in [2.75, 3.05) is 0 Å². The van der Waals surface area contributed by atoms with Crippen molar-refractivity contribution in [2.24, 2.45) is 0 Å². The lowest BCUT2D eigenvalue weighted by Crippen LogP contribution is -1.88. The van der Waals surface area contributed by atoms with Crippen molar-refractivity contribution in [1.29, 1.82) is 0 Å². The Balaban J connectivity index is 1.50. The van der Waals surface area contributed by atoms with E-state index in [1.54, 1.807) is 22.7 Å². The molecule has 0 fully saturated rings. The molecule has 1 nitrogen and oxygen atoms in total. The van der Waals surface area contributed by atoms with Gasteiger partial charge in [0.25, 0.3) is 0 Å². The predicted octanol–water partition coefficient (Wildman–Crippen LogP) is 10.3. The van der Waals surface area contributed by atoms with Crippen molar-refractivity contribution >= 4 is 22.7 Å². The highest BCUT2D eigenvalue weighted by Gasteiger charge is 2.21. The number of benzene rings is 4. The van der Waals surface area contributed by atoms with Crippen LogP contribution in [0.3, 0.4) is 0 Å². The number of hydrogen-bond acceptors (Lipinski definition) is 3. The van der Waals surface area contributed by atoms with Gasteiger partial charge in [-0.3, -0.25) is 0 Å². The number of ether oxygens (including phenoxy) is 1. The van der Waals surface area contributed by atoms with Gasteiger partial charge in [-0.15, -0.1) is 22.7 Å². The summed E-state index contributed by atoms with van der Waals surface area (Å²) in [7, 11) is 0. The molecule has 0 unspecified atom stereocenters. The van der Waals surface area contributed by atoms with E-state index in [0.717, 1.165) is 32.4 Å². The quantitative estimate of drug-likeness (QED) is 0.227. The largest absolute Gasteiger partial charge is 0.435 e. The maximum absolute atomic E-state index is 6.79. The second-order valence-corrected chi connectivity index (χ2v) is 9.87. The normalized spacial score (nSPS) is 10.9. The van der Waals surface area contributed by atoms with E-state index >= 15 is 0 Å². The Morgan fingerprint density at radius 2 is 0.686 bits per heavy atom. The second kappa shape index (κ2) is 9.75. The molecule has 4 aromatic carbocycles. The lowest BCUT2D eigenvalue weighted by molar-refractivity contribution is 0.514. The van der Waals surface area contributed by atoms with E-state index < -0.39 is 0 Å². The fourth-order valence-corrected chi connectivity index (χ4v) is 6.30. The third-order valence-corrected chi connectivity index (χ3v) is 7.70. The summed E-state index contributed by atoms with van der Waals surface area (Å²) < 4.78 is 6.79. The predicted molar refractivity (Wildman–Crippen MR) is 150 cm³/mol. The topological polar surface area (TPSA) is 9.23 Å². The van der Waals surface area contributed by atoms with E-state index in [1.807, 2.05) is 0 Å². The van der Waals surface area contributed by atoms with Gasteiger partial charge in [-0.25, -0.2) is 0 Å². The van der Waals surface area contributed by atoms with Gasteiger partial charge in [-0.1, -0.05) is 121 Å². The molecule has 0 aliphatic rings. The van der Waals surface area contributed by atoms with Crippen LogP contribution in [-0.4, -0.2) is 0 Å². The summed E-state index contributed by atoms with van der Waals surface area (Å²) in [6.45, 7) is 0. The lowest BCUT2D eigenvalue weighted by Gasteiger charge is -2.12. The fraction of sp³-hybridized carbons (Fsp3) is 0. The Kier molecular flexibility index (Phi) is 6.02. The zero-order valence-electron chi connectivity index (χ0n) is 18.9. The molecule has 0 spiro atoms. The zero-order chi connectivity index (χ0) is 23.5. The van der Waals surface area contributed by atoms with Gasteiger partial charge in [0, 0.05) is 33.0 Å². The van der Waals surface area contributed by atoms with Crippen LogP contribution in [0.2, 0.25) is 0 Å². The SMILES string of the molecule is c1ccc(-c2csc(Oc3scc(-c4ccccc4)c3-c3ccccc3)c2-c2ccccc2)cc1. The van der Waals surface area contributed by atoms with E-state index in [2.05, 4.69) is 132 Å². The molecule has 0 saturated heterocycles. The maximum atomic E-state index is 6.79. The van der Waals surface area contributed by atoms with E-state index in [9.17, 15) is 0 Å².